The average molecular weight is 158 g/mol. The molecule has 1 aromatic carbocycles. The molecule has 0 aliphatic carbocycles. The molecule has 0 saturated carbocycles. The Labute approximate surface area is 73.6 Å². The van der Waals surface area contributed by atoms with Crippen LogP contribution in [0.2, 0.25) is 0 Å². The Kier molecular flexibility index (Phi) is 2.50. The van der Waals surface area contributed by atoms with E-state index in [1.165, 1.54) is 5.92 Å². The number of hydrogen-bond donors (Lipinski definition) is 0. The lowest BCUT2D eigenvalue weighted by molar-refractivity contribution is 1.13. The topological polar surface area (TPSA) is 23.8 Å². The molecule has 0 aromatic heterocycles. The van der Waals surface area contributed by atoms with Crippen molar-refractivity contribution in [1.29, 1.82) is 5.26 Å². The van der Waals surface area contributed by atoms with Gasteiger partial charge in [-0.05, 0) is 18.1 Å². The Morgan fingerprint density at radius 3 is 2.42 bits per heavy atom. The monoisotopic (exact) mass is 158 g/mol. The smallest absolute Gasteiger partial charge is 0.0997 e. The van der Waals surface area contributed by atoms with E-state index < -0.39 is 0 Å². The van der Waals surface area contributed by atoms with Gasteiger partial charge in [0.15, 0.2) is 0 Å². The standard InChI is InChI=1S/C11H12N/c1-8(2)10-6-4-5-9(3)11(10)7-12/h4-6H,1-3H3. The number of rotatable bonds is 1. The van der Waals surface area contributed by atoms with Crippen LogP contribution < -0.4 is 0 Å². The maximum atomic E-state index is 8.88. The van der Waals surface area contributed by atoms with Crippen molar-refractivity contribution >= 4 is 0 Å². The summed E-state index contributed by atoms with van der Waals surface area (Å²) in [6.07, 6.45) is 0. The maximum Gasteiger partial charge on any atom is 0.0997 e. The van der Waals surface area contributed by atoms with Crippen molar-refractivity contribution in [3.05, 3.63) is 40.8 Å². The van der Waals surface area contributed by atoms with Crippen molar-refractivity contribution in [2.45, 2.75) is 20.8 Å². The van der Waals surface area contributed by atoms with Crippen LogP contribution in [-0.2, 0) is 0 Å². The van der Waals surface area contributed by atoms with Gasteiger partial charge in [0.25, 0.3) is 0 Å². The molecule has 0 unspecified atom stereocenters. The second-order valence-corrected chi connectivity index (χ2v) is 3.11. The zero-order chi connectivity index (χ0) is 9.14. The fraction of sp³-hybridized carbons (Fsp3) is 0.273. The van der Waals surface area contributed by atoms with E-state index in [1.54, 1.807) is 0 Å². The van der Waals surface area contributed by atoms with Crippen LogP contribution in [0.3, 0.4) is 0 Å². The van der Waals surface area contributed by atoms with Gasteiger partial charge < -0.3 is 0 Å². The minimum atomic E-state index is 0.803. The molecule has 0 bridgehead atoms. The van der Waals surface area contributed by atoms with E-state index in [4.69, 9.17) is 5.26 Å². The van der Waals surface area contributed by atoms with Gasteiger partial charge in [0, 0.05) is 5.92 Å². The van der Waals surface area contributed by atoms with E-state index in [1.807, 2.05) is 39.0 Å². The van der Waals surface area contributed by atoms with Gasteiger partial charge in [-0.1, -0.05) is 32.0 Å². The Morgan fingerprint density at radius 2 is 2.00 bits per heavy atom. The van der Waals surface area contributed by atoms with Gasteiger partial charge in [-0.3, -0.25) is 0 Å². The van der Waals surface area contributed by atoms with Gasteiger partial charge in [0.1, 0.15) is 0 Å². The molecular weight excluding hydrogens is 146 g/mol. The highest BCUT2D eigenvalue weighted by atomic mass is 14.3. The molecule has 1 heteroatoms. The molecule has 0 aliphatic rings. The molecule has 0 saturated heterocycles. The van der Waals surface area contributed by atoms with E-state index in [0.717, 1.165) is 16.7 Å². The molecule has 1 nitrogen and oxygen atoms in total. The minimum Gasteiger partial charge on any atom is -0.192 e. The summed E-state index contributed by atoms with van der Waals surface area (Å²) in [5.41, 5.74) is 2.92. The molecule has 0 heterocycles. The lowest BCUT2D eigenvalue weighted by Crippen LogP contribution is -1.95. The Bertz CT molecular complexity index is 318. The summed E-state index contributed by atoms with van der Waals surface area (Å²) in [6.45, 7) is 6.01. The van der Waals surface area contributed by atoms with Gasteiger partial charge in [-0.25, -0.2) is 0 Å². The summed E-state index contributed by atoms with van der Waals surface area (Å²) in [5, 5.41) is 8.88. The van der Waals surface area contributed by atoms with E-state index >= 15 is 0 Å². The van der Waals surface area contributed by atoms with Crippen molar-refractivity contribution < 1.29 is 0 Å². The van der Waals surface area contributed by atoms with Gasteiger partial charge in [0.2, 0.25) is 0 Å². The summed E-state index contributed by atoms with van der Waals surface area (Å²) in [5.74, 6) is 1.19. The van der Waals surface area contributed by atoms with Crippen molar-refractivity contribution in [2.75, 3.05) is 0 Å². The van der Waals surface area contributed by atoms with Crippen LogP contribution in [0.25, 0.3) is 0 Å². The van der Waals surface area contributed by atoms with E-state index in [9.17, 15) is 0 Å². The van der Waals surface area contributed by atoms with E-state index in [-0.39, 0.29) is 0 Å². The van der Waals surface area contributed by atoms with Crippen molar-refractivity contribution in [1.82, 2.24) is 0 Å². The van der Waals surface area contributed by atoms with Crippen LogP contribution in [0.15, 0.2) is 18.2 Å². The third kappa shape index (κ3) is 1.48. The minimum absolute atomic E-state index is 0.803. The number of nitriles is 1. The number of hydrogen-bond acceptors (Lipinski definition) is 1. The predicted molar refractivity (Wildman–Crippen MR) is 49.6 cm³/mol. The van der Waals surface area contributed by atoms with Crippen LogP contribution in [0.5, 0.6) is 0 Å². The first-order valence-electron chi connectivity index (χ1n) is 3.97. The highest BCUT2D eigenvalue weighted by molar-refractivity contribution is 5.49. The Balaban J connectivity index is 3.30. The number of nitrogens with zero attached hydrogens (tertiary/aromatic N) is 1. The predicted octanol–water partition coefficient (Wildman–Crippen LogP) is 2.83. The number of benzene rings is 1. The van der Waals surface area contributed by atoms with E-state index in [2.05, 4.69) is 6.07 Å². The molecule has 0 N–H and O–H groups in total. The van der Waals surface area contributed by atoms with Crippen molar-refractivity contribution in [3.8, 4) is 6.07 Å². The van der Waals surface area contributed by atoms with Crippen molar-refractivity contribution in [3.63, 3.8) is 0 Å². The van der Waals surface area contributed by atoms with Gasteiger partial charge in [0.05, 0.1) is 11.6 Å². The zero-order valence-corrected chi connectivity index (χ0v) is 7.68. The van der Waals surface area contributed by atoms with Crippen LogP contribution in [0, 0.1) is 24.2 Å². The summed E-state index contributed by atoms with van der Waals surface area (Å²) < 4.78 is 0. The Hall–Kier alpha value is -1.29. The van der Waals surface area contributed by atoms with Crippen molar-refractivity contribution in [2.24, 2.45) is 0 Å². The van der Waals surface area contributed by atoms with Crippen LogP contribution in [0.1, 0.15) is 30.5 Å². The largest absolute Gasteiger partial charge is 0.192 e. The van der Waals surface area contributed by atoms with Crippen LogP contribution in [-0.4, -0.2) is 0 Å². The second kappa shape index (κ2) is 3.40. The third-order valence-corrected chi connectivity index (χ3v) is 1.92. The van der Waals surface area contributed by atoms with Gasteiger partial charge in [-0.15, -0.1) is 0 Å². The van der Waals surface area contributed by atoms with E-state index in [0.29, 0.717) is 0 Å². The van der Waals surface area contributed by atoms with Gasteiger partial charge >= 0.3 is 0 Å². The summed E-state index contributed by atoms with van der Waals surface area (Å²) >= 11 is 0. The molecule has 1 radical (unpaired) electrons. The first kappa shape index (κ1) is 8.80. The molecule has 0 spiro atoms. The molecule has 0 aliphatic heterocycles. The highest BCUT2D eigenvalue weighted by Crippen LogP contribution is 2.20. The molecule has 0 atom stereocenters. The first-order chi connectivity index (χ1) is 5.66. The summed E-state index contributed by atoms with van der Waals surface area (Å²) in [7, 11) is 0. The normalized spacial score (nSPS) is 9.92. The molecule has 1 aromatic rings. The SMILES string of the molecule is C[C](C)c1cccc(C)c1C#N. The Morgan fingerprint density at radius 1 is 1.33 bits per heavy atom. The van der Waals surface area contributed by atoms with Crippen LogP contribution in [0.4, 0.5) is 0 Å². The first-order valence-corrected chi connectivity index (χ1v) is 3.97. The molecule has 12 heavy (non-hydrogen) atoms. The number of aryl methyl sites for hydroxylation is 1. The highest BCUT2D eigenvalue weighted by Gasteiger charge is 2.07. The zero-order valence-electron chi connectivity index (χ0n) is 7.68. The lowest BCUT2D eigenvalue weighted by atomic mass is 9.95. The second-order valence-electron chi connectivity index (χ2n) is 3.11. The molecule has 0 fully saturated rings. The average Bonchev–Trinajstić information content (AvgIpc) is 2.03. The molecule has 0 amide bonds. The third-order valence-electron chi connectivity index (χ3n) is 1.92. The summed E-state index contributed by atoms with van der Waals surface area (Å²) in [6, 6.07) is 8.16. The quantitative estimate of drug-likeness (QED) is 0.616. The van der Waals surface area contributed by atoms with Crippen LogP contribution >= 0.6 is 0 Å². The molecule has 61 valence electrons. The maximum absolute atomic E-state index is 8.88. The fourth-order valence-corrected chi connectivity index (χ4v) is 1.23. The summed E-state index contributed by atoms with van der Waals surface area (Å²) in [4.78, 5) is 0. The molecule has 1 rings (SSSR count). The molecular formula is C11H12N. The fourth-order valence-electron chi connectivity index (χ4n) is 1.23. The van der Waals surface area contributed by atoms with Gasteiger partial charge in [-0.2, -0.15) is 5.26 Å². The lowest BCUT2D eigenvalue weighted by Gasteiger charge is -2.08.